The smallest absolute Gasteiger partial charge is 0.128 e. The number of phenolic OH excluding ortho intramolecular Hbond substituents is 1. The summed E-state index contributed by atoms with van der Waals surface area (Å²) < 4.78 is 5.15. The summed E-state index contributed by atoms with van der Waals surface area (Å²) in [5.74, 6) is 0.600. The van der Waals surface area contributed by atoms with Gasteiger partial charge in [-0.2, -0.15) is 0 Å². The molecule has 1 rings (SSSR count). The Kier molecular flexibility index (Phi) is 2.94. The van der Waals surface area contributed by atoms with E-state index in [1.807, 2.05) is 6.92 Å². The van der Waals surface area contributed by atoms with Gasteiger partial charge in [0, 0.05) is 11.6 Å². The molecule has 0 aliphatic carbocycles. The molecule has 0 atom stereocenters. The van der Waals surface area contributed by atoms with Gasteiger partial charge in [0.1, 0.15) is 18.1 Å². The summed E-state index contributed by atoms with van der Waals surface area (Å²) in [6.07, 6.45) is 0. The van der Waals surface area contributed by atoms with Crippen molar-refractivity contribution in [3.8, 4) is 11.5 Å². The number of hydrogen-bond donors (Lipinski definition) is 1. The zero-order chi connectivity index (χ0) is 8.97. The Morgan fingerprint density at radius 1 is 1.50 bits per heavy atom. The molecule has 1 aromatic carbocycles. The molecule has 0 unspecified atom stereocenters. The molecule has 3 heteroatoms. The Labute approximate surface area is 71.2 Å². The third-order valence-corrected chi connectivity index (χ3v) is 1.51. The summed E-state index contributed by atoms with van der Waals surface area (Å²) in [5.41, 5.74) is 0.578. The topological polar surface area (TPSA) is 49.4 Å². The van der Waals surface area contributed by atoms with Crippen molar-refractivity contribution in [1.82, 2.24) is 0 Å². The van der Waals surface area contributed by atoms with Gasteiger partial charge >= 0.3 is 0 Å². The highest BCUT2D eigenvalue weighted by Gasteiger charge is 2.03. The molecular weight excluding hydrogens is 156 g/mol. The predicted octanol–water partition coefficient (Wildman–Crippen LogP) is 1.72. The van der Waals surface area contributed by atoms with Crippen LogP contribution in [0.4, 0.5) is 0 Å². The number of phenols is 1. The van der Waals surface area contributed by atoms with Crippen LogP contribution >= 0.6 is 0 Å². The summed E-state index contributed by atoms with van der Waals surface area (Å²) in [6, 6.07) is 4.51. The molecule has 0 fully saturated rings. The first-order valence-corrected chi connectivity index (χ1v) is 3.80. The van der Waals surface area contributed by atoms with E-state index in [9.17, 15) is 5.11 Å². The van der Waals surface area contributed by atoms with Crippen molar-refractivity contribution < 1.29 is 14.9 Å². The zero-order valence-corrected chi connectivity index (χ0v) is 6.91. The lowest BCUT2D eigenvalue weighted by molar-refractivity contribution is 0.172. The van der Waals surface area contributed by atoms with E-state index >= 15 is 0 Å². The average Bonchev–Trinajstić information content (AvgIpc) is 2.05. The lowest BCUT2D eigenvalue weighted by Gasteiger charge is -2.07. The zero-order valence-electron chi connectivity index (χ0n) is 6.91. The van der Waals surface area contributed by atoms with E-state index in [0.29, 0.717) is 17.9 Å². The predicted molar refractivity (Wildman–Crippen MR) is 43.7 cm³/mol. The highest BCUT2D eigenvalue weighted by Crippen LogP contribution is 2.23. The molecular formula is C9H11O3. The molecule has 1 radical (unpaired) electrons. The second-order valence-corrected chi connectivity index (χ2v) is 2.37. The molecule has 1 aromatic rings. The van der Waals surface area contributed by atoms with Gasteiger partial charge in [0.2, 0.25) is 0 Å². The fourth-order valence-corrected chi connectivity index (χ4v) is 0.952. The van der Waals surface area contributed by atoms with Gasteiger partial charge in [0.05, 0.1) is 6.61 Å². The second kappa shape index (κ2) is 3.97. The molecule has 0 bridgehead atoms. The standard InChI is InChI=1S/C9H11O3/c1-2-12-9-5-8(11)4-3-7(9)6-10/h3-5,11H,2,6H2,1H3. The van der Waals surface area contributed by atoms with Gasteiger partial charge in [0.15, 0.2) is 0 Å². The molecule has 3 nitrogen and oxygen atoms in total. The van der Waals surface area contributed by atoms with Gasteiger partial charge in [-0.3, -0.25) is 0 Å². The van der Waals surface area contributed by atoms with Crippen LogP contribution in [0.15, 0.2) is 18.2 Å². The van der Waals surface area contributed by atoms with Crippen molar-refractivity contribution in [2.75, 3.05) is 6.61 Å². The minimum Gasteiger partial charge on any atom is -0.508 e. The molecule has 65 valence electrons. The van der Waals surface area contributed by atoms with E-state index in [-0.39, 0.29) is 12.4 Å². The van der Waals surface area contributed by atoms with Gasteiger partial charge in [-0.1, -0.05) is 0 Å². The number of ether oxygens (including phenoxy) is 1. The fraction of sp³-hybridized carbons (Fsp3) is 0.333. The van der Waals surface area contributed by atoms with Crippen molar-refractivity contribution >= 4 is 0 Å². The minimum absolute atomic E-state index is 0.121. The number of aromatic hydroxyl groups is 1. The van der Waals surface area contributed by atoms with Gasteiger partial charge < -0.3 is 9.84 Å². The number of rotatable bonds is 3. The summed E-state index contributed by atoms with van der Waals surface area (Å²) >= 11 is 0. The Morgan fingerprint density at radius 2 is 2.25 bits per heavy atom. The first-order chi connectivity index (χ1) is 5.77. The van der Waals surface area contributed by atoms with Crippen LogP contribution in [0.1, 0.15) is 12.5 Å². The van der Waals surface area contributed by atoms with Crippen molar-refractivity contribution in [1.29, 1.82) is 0 Å². The van der Waals surface area contributed by atoms with Gasteiger partial charge in [0.25, 0.3) is 0 Å². The Hall–Kier alpha value is -1.22. The maximum Gasteiger partial charge on any atom is 0.128 e. The molecule has 0 amide bonds. The Morgan fingerprint density at radius 3 is 2.83 bits per heavy atom. The number of benzene rings is 1. The van der Waals surface area contributed by atoms with Crippen LogP contribution < -0.4 is 4.74 Å². The molecule has 0 saturated carbocycles. The van der Waals surface area contributed by atoms with Crippen LogP contribution in [0, 0.1) is 0 Å². The van der Waals surface area contributed by atoms with E-state index < -0.39 is 0 Å². The van der Waals surface area contributed by atoms with E-state index in [1.165, 1.54) is 12.1 Å². The fourth-order valence-electron chi connectivity index (χ4n) is 0.952. The van der Waals surface area contributed by atoms with E-state index in [0.717, 1.165) is 0 Å². The summed E-state index contributed by atoms with van der Waals surface area (Å²) in [5, 5.41) is 19.7. The van der Waals surface area contributed by atoms with Crippen molar-refractivity contribution in [2.24, 2.45) is 0 Å². The Bertz CT molecular complexity index is 258. The van der Waals surface area contributed by atoms with Crippen molar-refractivity contribution in [2.45, 2.75) is 13.5 Å². The lowest BCUT2D eigenvalue weighted by atomic mass is 10.2. The lowest BCUT2D eigenvalue weighted by Crippen LogP contribution is -1.95. The van der Waals surface area contributed by atoms with E-state index in [4.69, 9.17) is 9.84 Å². The Balaban J connectivity index is 2.95. The monoisotopic (exact) mass is 167 g/mol. The largest absolute Gasteiger partial charge is 0.508 e. The third-order valence-electron chi connectivity index (χ3n) is 1.51. The molecule has 12 heavy (non-hydrogen) atoms. The minimum atomic E-state index is -0.324. The summed E-state index contributed by atoms with van der Waals surface area (Å²) in [7, 11) is 0. The highest BCUT2D eigenvalue weighted by atomic mass is 16.5. The molecule has 0 aliphatic rings. The second-order valence-electron chi connectivity index (χ2n) is 2.37. The summed E-state index contributed by atoms with van der Waals surface area (Å²) in [6.45, 7) is 2.00. The molecule has 0 spiro atoms. The van der Waals surface area contributed by atoms with E-state index in [2.05, 4.69) is 0 Å². The van der Waals surface area contributed by atoms with Crippen molar-refractivity contribution in [3.63, 3.8) is 0 Å². The molecule has 1 N–H and O–H groups in total. The average molecular weight is 167 g/mol. The van der Waals surface area contributed by atoms with Crippen LogP contribution in [-0.4, -0.2) is 11.7 Å². The maximum atomic E-state index is 10.6. The third kappa shape index (κ3) is 1.89. The molecule has 0 heterocycles. The van der Waals surface area contributed by atoms with Crippen LogP contribution in [0.2, 0.25) is 0 Å². The maximum absolute atomic E-state index is 10.6. The van der Waals surface area contributed by atoms with Crippen LogP contribution in [0.5, 0.6) is 11.5 Å². The molecule has 0 aromatic heterocycles. The normalized spacial score (nSPS) is 9.83. The quantitative estimate of drug-likeness (QED) is 0.745. The first-order valence-electron chi connectivity index (χ1n) is 3.80. The first kappa shape index (κ1) is 8.87. The van der Waals surface area contributed by atoms with Crippen LogP contribution in [0.25, 0.3) is 0 Å². The van der Waals surface area contributed by atoms with E-state index in [1.54, 1.807) is 6.07 Å². The molecule has 0 aliphatic heterocycles. The summed E-state index contributed by atoms with van der Waals surface area (Å²) in [4.78, 5) is 0. The molecule has 0 saturated heterocycles. The van der Waals surface area contributed by atoms with Gasteiger partial charge in [-0.05, 0) is 19.1 Å². The van der Waals surface area contributed by atoms with Crippen LogP contribution in [0.3, 0.4) is 0 Å². The van der Waals surface area contributed by atoms with Gasteiger partial charge in [-0.15, -0.1) is 0 Å². The van der Waals surface area contributed by atoms with Crippen molar-refractivity contribution in [3.05, 3.63) is 23.8 Å². The number of hydrogen-bond acceptors (Lipinski definition) is 2. The van der Waals surface area contributed by atoms with Crippen LogP contribution in [-0.2, 0) is 11.7 Å². The van der Waals surface area contributed by atoms with Gasteiger partial charge in [-0.25, -0.2) is 5.11 Å². The highest BCUT2D eigenvalue weighted by molar-refractivity contribution is 5.39. The SMILES string of the molecule is CCOc1cc(O)ccc1C[O].